The summed E-state index contributed by atoms with van der Waals surface area (Å²) in [5, 5.41) is 3.37. The Morgan fingerprint density at radius 2 is 1.81 bits per heavy atom. The van der Waals surface area contributed by atoms with Gasteiger partial charge in [-0.05, 0) is 49.7 Å². The molecule has 1 atom stereocenters. The minimum absolute atomic E-state index is 0.228. The van der Waals surface area contributed by atoms with Gasteiger partial charge in [0.15, 0.2) is 0 Å². The monoisotopic (exact) mass is 304 g/mol. The lowest BCUT2D eigenvalue weighted by Crippen LogP contribution is -2.28. The van der Waals surface area contributed by atoms with E-state index in [9.17, 15) is 4.39 Å². The van der Waals surface area contributed by atoms with Crippen molar-refractivity contribution < 1.29 is 8.91 Å². The molecule has 0 radical (unpaired) electrons. The highest BCUT2D eigenvalue weighted by Gasteiger charge is 2.24. The minimum Gasteiger partial charge on any atom is -0.325 e. The quantitative estimate of drug-likeness (QED) is 0.832. The van der Waals surface area contributed by atoms with Gasteiger partial charge in [0.2, 0.25) is 8.45 Å². The molecule has 3 rings (SSSR count). The van der Waals surface area contributed by atoms with Crippen molar-refractivity contribution >= 4 is 19.8 Å². The van der Waals surface area contributed by atoms with Crippen molar-refractivity contribution in [3.63, 3.8) is 0 Å². The van der Waals surface area contributed by atoms with E-state index >= 15 is 0 Å². The molecule has 2 aromatic carbocycles. The lowest BCUT2D eigenvalue weighted by molar-refractivity contribution is 0.329. The molecule has 1 aliphatic heterocycles. The highest BCUT2D eigenvalue weighted by atomic mass is 31.2. The molecule has 2 aromatic rings. The summed E-state index contributed by atoms with van der Waals surface area (Å²) in [6, 6.07) is 14.8. The second-order valence-electron chi connectivity index (χ2n) is 5.04. The number of nitrogens with zero attached hydrogens (tertiary/aromatic N) is 1. The molecule has 1 heterocycles. The summed E-state index contributed by atoms with van der Waals surface area (Å²) in [7, 11) is -0.946. The predicted molar refractivity (Wildman–Crippen MR) is 86.0 cm³/mol. The van der Waals surface area contributed by atoms with Crippen molar-refractivity contribution in [3.05, 3.63) is 59.9 Å². The molecule has 0 aliphatic carbocycles. The molecule has 0 saturated carbocycles. The second kappa shape index (κ2) is 6.42. The molecule has 0 amide bonds. The molecule has 1 fully saturated rings. The van der Waals surface area contributed by atoms with Crippen LogP contribution < -0.4 is 9.76 Å². The Bertz CT molecular complexity index is 588. The summed E-state index contributed by atoms with van der Waals surface area (Å²) in [5.41, 5.74) is 3.27. The van der Waals surface area contributed by atoms with E-state index in [1.807, 2.05) is 0 Å². The Morgan fingerprint density at radius 3 is 2.52 bits per heavy atom. The van der Waals surface area contributed by atoms with Crippen LogP contribution in [0.2, 0.25) is 0 Å². The first-order valence-corrected chi connectivity index (χ1v) is 8.23. The fraction of sp³-hybridized carbons (Fsp3) is 0.250. The van der Waals surface area contributed by atoms with Gasteiger partial charge in [-0.15, -0.1) is 0 Å². The maximum absolute atomic E-state index is 13.0. The van der Waals surface area contributed by atoms with Gasteiger partial charge in [0.25, 0.3) is 0 Å². The topological polar surface area (TPSA) is 24.5 Å². The Morgan fingerprint density at radius 1 is 1.10 bits per heavy atom. The molecule has 1 saturated heterocycles. The van der Waals surface area contributed by atoms with Gasteiger partial charge in [-0.25, -0.2) is 4.39 Å². The van der Waals surface area contributed by atoms with E-state index < -0.39 is 8.45 Å². The number of aryl methyl sites for hydroxylation is 1. The van der Waals surface area contributed by atoms with Gasteiger partial charge in [-0.2, -0.15) is 0 Å². The lowest BCUT2D eigenvalue weighted by atomic mass is 10.2. The van der Waals surface area contributed by atoms with E-state index in [1.165, 1.54) is 17.7 Å². The van der Waals surface area contributed by atoms with E-state index in [-0.39, 0.29) is 5.82 Å². The van der Waals surface area contributed by atoms with Crippen molar-refractivity contribution in [2.24, 2.45) is 0 Å². The standard InChI is InChI=1S/C16H18FN2OP/c1-13-3-9-16(10-4-13)19-11-2-12-20-21(19)18-15-7-5-14(17)6-8-15/h3-10,18H,2,11-12H2,1H3. The summed E-state index contributed by atoms with van der Waals surface area (Å²) < 4.78 is 21.1. The second-order valence-corrected chi connectivity index (χ2v) is 6.55. The van der Waals surface area contributed by atoms with Gasteiger partial charge < -0.3 is 14.3 Å². The summed E-state index contributed by atoms with van der Waals surface area (Å²) >= 11 is 0. The number of hydrogen-bond donors (Lipinski definition) is 1. The van der Waals surface area contributed by atoms with Crippen LogP contribution in [0.1, 0.15) is 12.0 Å². The van der Waals surface area contributed by atoms with Crippen molar-refractivity contribution in [1.29, 1.82) is 0 Å². The van der Waals surface area contributed by atoms with E-state index in [0.717, 1.165) is 30.9 Å². The van der Waals surface area contributed by atoms with Crippen LogP contribution in [0.5, 0.6) is 0 Å². The van der Waals surface area contributed by atoms with Gasteiger partial charge in [-0.3, -0.25) is 0 Å². The highest BCUT2D eigenvalue weighted by molar-refractivity contribution is 7.56. The van der Waals surface area contributed by atoms with Gasteiger partial charge in [0.1, 0.15) is 5.82 Å². The van der Waals surface area contributed by atoms with E-state index in [4.69, 9.17) is 4.52 Å². The van der Waals surface area contributed by atoms with Crippen LogP contribution in [0.3, 0.4) is 0 Å². The Balaban J connectivity index is 1.77. The van der Waals surface area contributed by atoms with Crippen LogP contribution in [-0.2, 0) is 4.52 Å². The van der Waals surface area contributed by atoms with Crippen molar-refractivity contribution in [1.82, 2.24) is 0 Å². The lowest BCUT2D eigenvalue weighted by Gasteiger charge is -2.36. The molecule has 0 spiro atoms. The molecular weight excluding hydrogens is 286 g/mol. The van der Waals surface area contributed by atoms with Crippen LogP contribution >= 0.6 is 8.45 Å². The van der Waals surface area contributed by atoms with E-state index in [1.54, 1.807) is 12.1 Å². The minimum atomic E-state index is -0.946. The Labute approximate surface area is 125 Å². The maximum Gasteiger partial charge on any atom is 0.245 e. The highest BCUT2D eigenvalue weighted by Crippen LogP contribution is 2.47. The summed E-state index contributed by atoms with van der Waals surface area (Å²) in [6.07, 6.45) is 1.01. The molecule has 110 valence electrons. The SMILES string of the molecule is Cc1ccc(N2CCCOP2Nc2ccc(F)cc2)cc1. The molecular formula is C16H18FN2OP. The number of hydrogen-bond acceptors (Lipinski definition) is 3. The molecule has 1 unspecified atom stereocenters. The smallest absolute Gasteiger partial charge is 0.245 e. The number of halogens is 1. The fourth-order valence-electron chi connectivity index (χ4n) is 2.20. The zero-order valence-electron chi connectivity index (χ0n) is 11.9. The largest absolute Gasteiger partial charge is 0.325 e. The zero-order chi connectivity index (χ0) is 14.7. The summed E-state index contributed by atoms with van der Waals surface area (Å²) in [6.45, 7) is 3.79. The van der Waals surface area contributed by atoms with Crippen molar-refractivity contribution in [2.45, 2.75) is 13.3 Å². The molecule has 1 aliphatic rings. The number of rotatable bonds is 3. The first-order chi connectivity index (χ1) is 10.2. The third kappa shape index (κ3) is 3.52. The van der Waals surface area contributed by atoms with Crippen molar-refractivity contribution in [2.75, 3.05) is 22.9 Å². The molecule has 5 heteroatoms. The average Bonchev–Trinajstić information content (AvgIpc) is 2.51. The predicted octanol–water partition coefficient (Wildman–Crippen LogP) is 4.70. The number of benzene rings is 2. The first-order valence-electron chi connectivity index (χ1n) is 7.02. The van der Waals surface area contributed by atoms with Gasteiger partial charge >= 0.3 is 0 Å². The molecule has 3 nitrogen and oxygen atoms in total. The first kappa shape index (κ1) is 14.3. The Hall–Kier alpha value is -1.64. The number of anilines is 2. The molecule has 0 aromatic heterocycles. The maximum atomic E-state index is 13.0. The van der Waals surface area contributed by atoms with E-state index in [0.29, 0.717) is 0 Å². The number of nitrogens with one attached hydrogen (secondary N) is 1. The molecule has 0 bridgehead atoms. The van der Waals surface area contributed by atoms with Crippen LogP contribution in [0.15, 0.2) is 48.5 Å². The van der Waals surface area contributed by atoms with Crippen LogP contribution in [0.4, 0.5) is 15.8 Å². The zero-order valence-corrected chi connectivity index (χ0v) is 12.8. The van der Waals surface area contributed by atoms with Crippen LogP contribution in [-0.4, -0.2) is 13.2 Å². The third-order valence-corrected chi connectivity index (χ3v) is 5.09. The van der Waals surface area contributed by atoms with E-state index in [2.05, 4.69) is 40.9 Å². The van der Waals surface area contributed by atoms with Crippen molar-refractivity contribution in [3.8, 4) is 0 Å². The average molecular weight is 304 g/mol. The Kier molecular flexibility index (Phi) is 4.37. The van der Waals surface area contributed by atoms with Gasteiger partial charge in [0.05, 0.1) is 6.61 Å². The molecule has 1 N–H and O–H groups in total. The van der Waals surface area contributed by atoms with Gasteiger partial charge in [-0.1, -0.05) is 17.7 Å². The third-order valence-electron chi connectivity index (χ3n) is 3.35. The summed E-state index contributed by atoms with van der Waals surface area (Å²) in [5.74, 6) is -0.228. The molecule has 21 heavy (non-hydrogen) atoms. The normalized spacial score (nSPS) is 18.6. The van der Waals surface area contributed by atoms with Crippen LogP contribution in [0, 0.1) is 12.7 Å². The fourth-order valence-corrected chi connectivity index (χ4v) is 3.87. The van der Waals surface area contributed by atoms with Gasteiger partial charge in [0, 0.05) is 17.9 Å². The summed E-state index contributed by atoms with van der Waals surface area (Å²) in [4.78, 5) is 0. The van der Waals surface area contributed by atoms with Crippen LogP contribution in [0.25, 0.3) is 0 Å².